The molecule has 4 nitrogen and oxygen atoms in total. The van der Waals surface area contributed by atoms with Gasteiger partial charge in [0.05, 0.1) is 0 Å². The first kappa shape index (κ1) is 20.2. The van der Waals surface area contributed by atoms with Gasteiger partial charge in [-0.3, -0.25) is 9.59 Å². The van der Waals surface area contributed by atoms with E-state index in [9.17, 15) is 9.59 Å². The van der Waals surface area contributed by atoms with Gasteiger partial charge in [0.2, 0.25) is 11.8 Å². The standard InChI is InChI=1S/C20H32N2O2/c1-7-19(3,4)17(23)21-13-15-10-9-11-16(12-15)14-22-18(24)20(5,6)8-2/h9-12H,7-8,13-14H2,1-6H3,(H,21,23)(H,22,24). The first-order valence-electron chi connectivity index (χ1n) is 8.77. The quantitative estimate of drug-likeness (QED) is 0.761. The van der Waals surface area contributed by atoms with Gasteiger partial charge in [0.15, 0.2) is 0 Å². The van der Waals surface area contributed by atoms with E-state index in [1.807, 2.05) is 65.8 Å². The van der Waals surface area contributed by atoms with Gasteiger partial charge in [-0.15, -0.1) is 0 Å². The van der Waals surface area contributed by atoms with Crippen LogP contribution in [0.25, 0.3) is 0 Å². The van der Waals surface area contributed by atoms with Crippen molar-refractivity contribution in [1.29, 1.82) is 0 Å². The third kappa shape index (κ3) is 5.66. The summed E-state index contributed by atoms with van der Waals surface area (Å²) in [5.41, 5.74) is 1.38. The highest BCUT2D eigenvalue weighted by Gasteiger charge is 2.25. The maximum absolute atomic E-state index is 12.1. The molecule has 0 fully saturated rings. The first-order chi connectivity index (χ1) is 11.1. The number of carbonyl (C=O) groups is 2. The third-order valence-electron chi connectivity index (χ3n) is 4.89. The van der Waals surface area contributed by atoms with Crippen LogP contribution in [0.1, 0.15) is 65.5 Å². The zero-order chi connectivity index (χ0) is 18.4. The van der Waals surface area contributed by atoms with Crippen LogP contribution in [-0.2, 0) is 22.7 Å². The minimum absolute atomic E-state index is 0.0633. The van der Waals surface area contributed by atoms with Gasteiger partial charge >= 0.3 is 0 Å². The van der Waals surface area contributed by atoms with E-state index in [1.54, 1.807) is 0 Å². The highest BCUT2D eigenvalue weighted by Crippen LogP contribution is 2.20. The fourth-order valence-corrected chi connectivity index (χ4v) is 2.01. The Labute approximate surface area is 146 Å². The van der Waals surface area contributed by atoms with Crippen LogP contribution in [0.15, 0.2) is 24.3 Å². The van der Waals surface area contributed by atoms with Gasteiger partial charge in [-0.25, -0.2) is 0 Å². The van der Waals surface area contributed by atoms with Crippen molar-refractivity contribution in [3.8, 4) is 0 Å². The van der Waals surface area contributed by atoms with Gasteiger partial charge in [-0.05, 0) is 24.0 Å². The summed E-state index contributed by atoms with van der Waals surface area (Å²) >= 11 is 0. The Balaban J connectivity index is 2.61. The van der Waals surface area contributed by atoms with Crippen molar-refractivity contribution < 1.29 is 9.59 Å². The predicted molar refractivity (Wildman–Crippen MR) is 98.3 cm³/mol. The number of carbonyl (C=O) groups excluding carboxylic acids is 2. The molecule has 0 heterocycles. The van der Waals surface area contributed by atoms with Crippen molar-refractivity contribution in [3.05, 3.63) is 35.4 Å². The highest BCUT2D eigenvalue weighted by atomic mass is 16.2. The van der Waals surface area contributed by atoms with Crippen LogP contribution in [-0.4, -0.2) is 11.8 Å². The molecule has 2 N–H and O–H groups in total. The first-order valence-corrected chi connectivity index (χ1v) is 8.77. The van der Waals surface area contributed by atoms with E-state index in [0.29, 0.717) is 13.1 Å². The zero-order valence-corrected chi connectivity index (χ0v) is 16.0. The summed E-state index contributed by atoms with van der Waals surface area (Å²) < 4.78 is 0. The minimum atomic E-state index is -0.350. The predicted octanol–water partition coefficient (Wildman–Crippen LogP) is 3.79. The van der Waals surface area contributed by atoms with Gasteiger partial charge in [-0.1, -0.05) is 65.8 Å². The average Bonchev–Trinajstić information content (AvgIpc) is 2.57. The van der Waals surface area contributed by atoms with Gasteiger partial charge < -0.3 is 10.6 Å². The van der Waals surface area contributed by atoms with Crippen LogP contribution >= 0.6 is 0 Å². The lowest BCUT2D eigenvalue weighted by Gasteiger charge is -2.22. The molecule has 0 aliphatic heterocycles. The van der Waals surface area contributed by atoms with E-state index >= 15 is 0 Å². The molecule has 0 aromatic heterocycles. The Bertz CT molecular complexity index is 530. The molecule has 2 amide bonds. The lowest BCUT2D eigenvalue weighted by molar-refractivity contribution is -0.130. The van der Waals surface area contributed by atoms with Crippen molar-refractivity contribution in [2.24, 2.45) is 10.8 Å². The Morgan fingerprint density at radius 3 is 1.54 bits per heavy atom. The smallest absolute Gasteiger partial charge is 0.225 e. The molecule has 0 radical (unpaired) electrons. The topological polar surface area (TPSA) is 58.2 Å². The Morgan fingerprint density at radius 2 is 1.21 bits per heavy atom. The second-order valence-electron chi connectivity index (χ2n) is 7.66. The molecule has 1 aromatic carbocycles. The van der Waals surface area contributed by atoms with Crippen LogP contribution in [0.4, 0.5) is 0 Å². The van der Waals surface area contributed by atoms with Crippen molar-refractivity contribution in [3.63, 3.8) is 0 Å². The van der Waals surface area contributed by atoms with Gasteiger partial charge in [0.25, 0.3) is 0 Å². The SMILES string of the molecule is CCC(C)(C)C(=O)NCc1cccc(CNC(=O)C(C)(C)CC)c1. The van der Waals surface area contributed by atoms with E-state index in [-0.39, 0.29) is 22.6 Å². The van der Waals surface area contributed by atoms with E-state index in [2.05, 4.69) is 10.6 Å². The molecule has 0 saturated heterocycles. The lowest BCUT2D eigenvalue weighted by Crippen LogP contribution is -2.36. The normalized spacial score (nSPS) is 11.9. The van der Waals surface area contributed by atoms with E-state index in [0.717, 1.165) is 24.0 Å². The van der Waals surface area contributed by atoms with Crippen LogP contribution in [0.5, 0.6) is 0 Å². The summed E-state index contributed by atoms with van der Waals surface area (Å²) in [6, 6.07) is 7.96. The number of hydrogen-bond donors (Lipinski definition) is 2. The summed E-state index contributed by atoms with van der Waals surface area (Å²) in [5, 5.41) is 5.98. The molecular weight excluding hydrogens is 300 g/mol. The molecule has 0 spiro atoms. The van der Waals surface area contributed by atoms with Crippen LogP contribution in [0, 0.1) is 10.8 Å². The number of rotatable bonds is 8. The summed E-state index contributed by atoms with van der Waals surface area (Å²) in [4.78, 5) is 24.3. The van der Waals surface area contributed by atoms with E-state index in [1.165, 1.54) is 0 Å². The number of benzene rings is 1. The van der Waals surface area contributed by atoms with Crippen LogP contribution in [0.3, 0.4) is 0 Å². The maximum atomic E-state index is 12.1. The molecule has 0 atom stereocenters. The van der Waals surface area contributed by atoms with Crippen molar-refractivity contribution in [2.75, 3.05) is 0 Å². The fourth-order valence-electron chi connectivity index (χ4n) is 2.01. The van der Waals surface area contributed by atoms with Crippen LogP contribution in [0.2, 0.25) is 0 Å². The highest BCUT2D eigenvalue weighted by molar-refractivity contribution is 5.82. The number of nitrogens with one attached hydrogen (secondary N) is 2. The number of amides is 2. The molecular formula is C20H32N2O2. The summed E-state index contributed by atoms with van der Waals surface area (Å²) in [5.74, 6) is 0.127. The molecule has 134 valence electrons. The third-order valence-corrected chi connectivity index (χ3v) is 4.89. The van der Waals surface area contributed by atoms with Crippen molar-refractivity contribution >= 4 is 11.8 Å². The second-order valence-corrected chi connectivity index (χ2v) is 7.66. The monoisotopic (exact) mass is 332 g/mol. The summed E-state index contributed by atoms with van der Waals surface area (Å²) in [6.07, 6.45) is 1.61. The maximum Gasteiger partial charge on any atom is 0.225 e. The molecule has 0 saturated carbocycles. The van der Waals surface area contributed by atoms with E-state index in [4.69, 9.17) is 0 Å². The second kappa shape index (κ2) is 8.32. The Morgan fingerprint density at radius 1 is 0.833 bits per heavy atom. The lowest BCUT2D eigenvalue weighted by atomic mass is 9.89. The van der Waals surface area contributed by atoms with Gasteiger partial charge in [0.1, 0.15) is 0 Å². The average molecular weight is 332 g/mol. The Hall–Kier alpha value is -1.84. The number of hydrogen-bond acceptors (Lipinski definition) is 2. The fraction of sp³-hybridized carbons (Fsp3) is 0.600. The molecule has 1 aromatic rings. The van der Waals surface area contributed by atoms with Gasteiger partial charge in [0, 0.05) is 23.9 Å². The molecule has 0 aliphatic carbocycles. The Kier molecular flexibility index (Phi) is 7.00. The molecule has 0 aliphatic rings. The van der Waals surface area contributed by atoms with Crippen LogP contribution < -0.4 is 10.6 Å². The molecule has 0 bridgehead atoms. The molecule has 1 rings (SSSR count). The summed E-state index contributed by atoms with van der Waals surface area (Å²) in [7, 11) is 0. The van der Waals surface area contributed by atoms with Crippen molar-refractivity contribution in [2.45, 2.75) is 67.5 Å². The van der Waals surface area contributed by atoms with E-state index < -0.39 is 0 Å². The minimum Gasteiger partial charge on any atom is -0.352 e. The molecule has 0 unspecified atom stereocenters. The van der Waals surface area contributed by atoms with Gasteiger partial charge in [-0.2, -0.15) is 0 Å². The zero-order valence-electron chi connectivity index (χ0n) is 16.0. The molecule has 4 heteroatoms. The summed E-state index contributed by atoms with van der Waals surface area (Å²) in [6.45, 7) is 12.8. The molecule has 24 heavy (non-hydrogen) atoms. The van der Waals surface area contributed by atoms with Crippen molar-refractivity contribution in [1.82, 2.24) is 10.6 Å². The largest absolute Gasteiger partial charge is 0.352 e.